The number of rotatable bonds is 6. The van der Waals surface area contributed by atoms with Gasteiger partial charge in [-0.2, -0.15) is 0 Å². The molecule has 1 aromatic heterocycles. The molecule has 9 nitrogen and oxygen atoms in total. The number of carboxylic acids is 1. The van der Waals surface area contributed by atoms with Crippen LogP contribution in [-0.4, -0.2) is 82.8 Å². The molecule has 0 spiro atoms. The average molecular weight is 604 g/mol. The second-order valence-corrected chi connectivity index (χ2v) is 11.6. The molecule has 1 N–H and O–H groups in total. The van der Waals surface area contributed by atoms with E-state index in [1.807, 2.05) is 78.7 Å². The average Bonchev–Trinajstić information content (AvgIpc) is 3.26. The number of carbonyl (C=O) groups is 2. The number of fused-ring (bicyclic) bond motifs is 1. The highest BCUT2D eigenvalue weighted by Crippen LogP contribution is 2.32. The predicted molar refractivity (Wildman–Crippen MR) is 170 cm³/mol. The third-order valence-electron chi connectivity index (χ3n) is 8.13. The van der Waals surface area contributed by atoms with Gasteiger partial charge in [-0.25, -0.2) is 9.78 Å². The number of hydrogen-bond donors (Lipinski definition) is 1. The van der Waals surface area contributed by atoms with E-state index < -0.39 is 5.97 Å². The number of carbonyl (C=O) groups excluding carboxylic acids is 1. The van der Waals surface area contributed by atoms with Crippen molar-refractivity contribution in [1.29, 1.82) is 0 Å². The highest BCUT2D eigenvalue weighted by atomic mass is 35.5. The molecule has 10 heteroatoms. The number of aryl methyl sites for hydroxylation is 3. The first-order valence-corrected chi connectivity index (χ1v) is 14.9. The van der Waals surface area contributed by atoms with Gasteiger partial charge in [0, 0.05) is 64.7 Å². The summed E-state index contributed by atoms with van der Waals surface area (Å²) in [4.78, 5) is 35.8. The number of nitrogens with zero attached hydrogens (tertiary/aromatic N) is 5. The van der Waals surface area contributed by atoms with Crippen molar-refractivity contribution in [1.82, 2.24) is 19.4 Å². The number of aromatic nitrogens is 2. The molecule has 0 atom stereocenters. The summed E-state index contributed by atoms with van der Waals surface area (Å²) >= 11 is 6.50. The largest absolute Gasteiger partial charge is 0.478 e. The lowest BCUT2D eigenvalue weighted by Gasteiger charge is -2.35. The van der Waals surface area contributed by atoms with E-state index in [0.29, 0.717) is 30.2 Å². The normalized spacial score (nSPS) is 15.0. The summed E-state index contributed by atoms with van der Waals surface area (Å²) in [6.07, 6.45) is 1.28. The van der Waals surface area contributed by atoms with Crippen LogP contribution < -0.4 is 4.90 Å². The number of carboxylic acid groups (broad SMARTS) is 1. The molecule has 0 unspecified atom stereocenters. The van der Waals surface area contributed by atoms with Crippen molar-refractivity contribution in [3.8, 4) is 0 Å². The van der Waals surface area contributed by atoms with Gasteiger partial charge in [0.15, 0.2) is 0 Å². The number of ether oxygens (including phenoxy) is 1. The molecule has 4 aromatic rings. The summed E-state index contributed by atoms with van der Waals surface area (Å²) in [6, 6.07) is 16.9. The van der Waals surface area contributed by atoms with Gasteiger partial charge in [-0.3, -0.25) is 9.69 Å². The van der Waals surface area contributed by atoms with Crippen molar-refractivity contribution in [2.45, 2.75) is 26.8 Å². The first-order valence-electron chi connectivity index (χ1n) is 14.5. The summed E-state index contributed by atoms with van der Waals surface area (Å²) in [6.45, 7) is 9.30. The minimum absolute atomic E-state index is 0.0290. The molecule has 1 amide bonds. The zero-order valence-corrected chi connectivity index (χ0v) is 25.9. The van der Waals surface area contributed by atoms with Crippen LogP contribution in [0.4, 0.5) is 11.4 Å². The van der Waals surface area contributed by atoms with Crippen LogP contribution in [0.5, 0.6) is 0 Å². The van der Waals surface area contributed by atoms with Crippen LogP contribution in [0.3, 0.4) is 0 Å². The highest BCUT2D eigenvalue weighted by molar-refractivity contribution is 6.33. The van der Waals surface area contributed by atoms with E-state index in [4.69, 9.17) is 21.3 Å². The van der Waals surface area contributed by atoms with E-state index in [1.165, 1.54) is 6.42 Å². The lowest BCUT2D eigenvalue weighted by atomic mass is 10.0. The lowest BCUT2D eigenvalue weighted by Crippen LogP contribution is -2.48. The van der Waals surface area contributed by atoms with Crippen LogP contribution in [0.2, 0.25) is 5.02 Å². The Bertz CT molecular complexity index is 1640. The third kappa shape index (κ3) is 6.85. The monoisotopic (exact) mass is 603 g/mol. The van der Waals surface area contributed by atoms with Gasteiger partial charge in [-0.05, 0) is 73.9 Å². The van der Waals surface area contributed by atoms with Crippen molar-refractivity contribution in [2.24, 2.45) is 7.05 Å². The number of anilines is 2. The third-order valence-corrected chi connectivity index (χ3v) is 8.43. The molecule has 0 bridgehead atoms. The lowest BCUT2D eigenvalue weighted by molar-refractivity contribution is 0.0367. The Morgan fingerprint density at radius 3 is 2.33 bits per heavy atom. The molecule has 2 saturated heterocycles. The van der Waals surface area contributed by atoms with E-state index in [2.05, 4.69) is 4.90 Å². The Morgan fingerprint density at radius 2 is 1.70 bits per heavy atom. The number of benzene rings is 3. The first-order chi connectivity index (χ1) is 20.6. The number of halogens is 1. The summed E-state index contributed by atoms with van der Waals surface area (Å²) in [5.41, 5.74) is 6.34. The molecule has 6 rings (SSSR count). The first kappa shape index (κ1) is 30.5. The minimum Gasteiger partial charge on any atom is -0.478 e. The van der Waals surface area contributed by atoms with E-state index >= 15 is 0 Å². The van der Waals surface area contributed by atoms with Crippen LogP contribution in [0.25, 0.3) is 11.0 Å². The molecular formula is C33H38ClN5O4. The van der Waals surface area contributed by atoms with E-state index in [1.54, 1.807) is 18.2 Å². The zero-order valence-electron chi connectivity index (χ0n) is 25.1. The Hall–Kier alpha value is -3.92. The fourth-order valence-electron chi connectivity index (χ4n) is 5.21. The molecule has 2 fully saturated rings. The number of piperazine rings is 1. The van der Waals surface area contributed by atoms with Crippen molar-refractivity contribution < 1.29 is 19.4 Å². The maximum absolute atomic E-state index is 13.6. The topological polar surface area (TPSA) is 91.1 Å². The zero-order chi connectivity index (χ0) is 30.7. The van der Waals surface area contributed by atoms with Crippen LogP contribution in [0.1, 0.15) is 44.1 Å². The SMILES string of the molecule is C1COC1.Cc1ccc(N(C)c2ccc(C)c(C(=O)N3CCN(Cc4nc5ccc(C(=O)O)cc5n4C)CC3)c2)c(Cl)c1. The number of aromatic carboxylic acids is 1. The van der Waals surface area contributed by atoms with E-state index in [-0.39, 0.29) is 11.5 Å². The molecule has 3 heterocycles. The Kier molecular flexibility index (Phi) is 9.34. The van der Waals surface area contributed by atoms with Crippen LogP contribution in [0.15, 0.2) is 54.6 Å². The number of hydrogen-bond acceptors (Lipinski definition) is 6. The van der Waals surface area contributed by atoms with Gasteiger partial charge in [0.1, 0.15) is 5.82 Å². The molecule has 0 saturated carbocycles. The Balaban J connectivity index is 0.000000850. The quantitative estimate of drug-likeness (QED) is 0.303. The van der Waals surface area contributed by atoms with Crippen LogP contribution in [-0.2, 0) is 18.3 Å². The molecular weight excluding hydrogens is 566 g/mol. The molecule has 0 radical (unpaired) electrons. The van der Waals surface area contributed by atoms with Crippen molar-refractivity contribution in [2.75, 3.05) is 51.3 Å². The highest BCUT2D eigenvalue weighted by Gasteiger charge is 2.25. The molecule has 43 heavy (non-hydrogen) atoms. The summed E-state index contributed by atoms with van der Waals surface area (Å²) in [5, 5.41) is 9.98. The van der Waals surface area contributed by atoms with Gasteiger partial charge in [0.05, 0.1) is 33.9 Å². The van der Waals surface area contributed by atoms with Crippen LogP contribution in [0, 0.1) is 13.8 Å². The van der Waals surface area contributed by atoms with Gasteiger partial charge in [-0.15, -0.1) is 0 Å². The number of amides is 1. The molecule has 3 aromatic carbocycles. The van der Waals surface area contributed by atoms with Gasteiger partial charge in [-0.1, -0.05) is 23.7 Å². The minimum atomic E-state index is -0.952. The van der Waals surface area contributed by atoms with E-state index in [9.17, 15) is 14.7 Å². The van der Waals surface area contributed by atoms with Crippen molar-refractivity contribution in [3.05, 3.63) is 87.7 Å². The van der Waals surface area contributed by atoms with Crippen molar-refractivity contribution in [3.63, 3.8) is 0 Å². The smallest absolute Gasteiger partial charge is 0.335 e. The standard InChI is InChI=1S/C30H32ClN5O3.C3H6O/c1-19-5-10-26(24(31)15-19)33(3)22-8-6-20(2)23(17-22)29(37)36-13-11-35(12-14-36)18-28-32-25-9-7-21(30(38)39)16-27(25)34(28)4;1-2-4-3-1/h5-10,15-17H,11-14,18H2,1-4H3,(H,38,39);1-3H2. The predicted octanol–water partition coefficient (Wildman–Crippen LogP) is 5.67. The maximum Gasteiger partial charge on any atom is 0.335 e. The van der Waals surface area contributed by atoms with Crippen molar-refractivity contribution >= 4 is 45.9 Å². The number of imidazole rings is 1. The van der Waals surface area contributed by atoms with Gasteiger partial charge < -0.3 is 24.2 Å². The molecule has 226 valence electrons. The van der Waals surface area contributed by atoms with E-state index in [0.717, 1.165) is 65.7 Å². The summed E-state index contributed by atoms with van der Waals surface area (Å²) < 4.78 is 6.67. The second-order valence-electron chi connectivity index (χ2n) is 11.1. The second kappa shape index (κ2) is 13.2. The molecule has 2 aliphatic heterocycles. The summed E-state index contributed by atoms with van der Waals surface area (Å²) in [7, 11) is 3.87. The van der Waals surface area contributed by atoms with Gasteiger partial charge in [0.25, 0.3) is 5.91 Å². The van der Waals surface area contributed by atoms with Gasteiger partial charge >= 0.3 is 5.97 Å². The Labute approximate surface area is 257 Å². The summed E-state index contributed by atoms with van der Waals surface area (Å²) in [5.74, 6) is -0.0539. The molecule has 0 aliphatic carbocycles. The van der Waals surface area contributed by atoms with Gasteiger partial charge in [0.2, 0.25) is 0 Å². The fraction of sp³-hybridized carbons (Fsp3) is 0.364. The molecule has 2 aliphatic rings. The Morgan fingerprint density at radius 1 is 1.00 bits per heavy atom. The van der Waals surface area contributed by atoms with Crippen LogP contribution >= 0.6 is 11.6 Å². The fourth-order valence-corrected chi connectivity index (χ4v) is 5.57. The maximum atomic E-state index is 13.6.